The zero-order chi connectivity index (χ0) is 46.8. The predicted octanol–water partition coefficient (Wildman–Crippen LogP) is 19.9. The summed E-state index contributed by atoms with van der Waals surface area (Å²) in [6.07, 6.45) is 10.0. The van der Waals surface area contributed by atoms with Gasteiger partial charge in [0.25, 0.3) is 0 Å². The van der Waals surface area contributed by atoms with Crippen LogP contribution in [-0.2, 0) is 0 Å². The zero-order valence-electron chi connectivity index (χ0n) is 38.7. The third-order valence-electron chi connectivity index (χ3n) is 14.2. The number of hydrogen-bond acceptors (Lipinski definition) is 4. The number of nitrogens with zero attached hydrogens (tertiary/aromatic N) is 3. The zero-order valence-corrected chi connectivity index (χ0v) is 40.3. The molecule has 14 rings (SSSR count). The van der Waals surface area contributed by atoms with E-state index in [9.17, 15) is 0 Å². The van der Waals surface area contributed by atoms with Gasteiger partial charge in [-0.25, -0.2) is 0 Å². The molecule has 0 aliphatic heterocycles. The smallest absolute Gasteiger partial charge is 0.0592 e. The van der Waals surface area contributed by atoms with Crippen LogP contribution in [0.25, 0.3) is 84.4 Å². The first-order valence-corrected chi connectivity index (χ1v) is 26.0. The van der Waals surface area contributed by atoms with Crippen LogP contribution >= 0.6 is 22.7 Å². The fourth-order valence-corrected chi connectivity index (χ4v) is 13.5. The fraction of sp³-hybridized carbons (Fsp3) is 0.0303. The highest BCUT2D eigenvalue weighted by Crippen LogP contribution is 2.52. The molecule has 1 unspecified atom stereocenters. The molecule has 3 heterocycles. The van der Waals surface area contributed by atoms with Crippen molar-refractivity contribution in [3.05, 3.63) is 255 Å². The molecule has 0 bridgehead atoms. The maximum absolute atomic E-state index is 2.62. The Hall–Kier alpha value is -8.48. The van der Waals surface area contributed by atoms with E-state index in [1.165, 1.54) is 78.8 Å². The number of para-hydroxylation sites is 3. The fourth-order valence-electron chi connectivity index (χ4n) is 11.1. The van der Waals surface area contributed by atoms with Crippen molar-refractivity contribution in [2.45, 2.75) is 12.5 Å². The number of rotatable bonds is 9. The summed E-state index contributed by atoms with van der Waals surface area (Å²) in [6, 6.07) is 85.2. The molecule has 10 aromatic carbocycles. The lowest BCUT2D eigenvalue weighted by atomic mass is 9.96. The van der Waals surface area contributed by atoms with Gasteiger partial charge in [0.1, 0.15) is 0 Å². The van der Waals surface area contributed by atoms with Crippen molar-refractivity contribution in [2.75, 3.05) is 9.80 Å². The van der Waals surface area contributed by atoms with E-state index in [-0.39, 0.29) is 6.04 Å². The summed E-state index contributed by atoms with van der Waals surface area (Å²) in [7, 11) is 0. The molecular weight excluding hydrogens is 899 g/mol. The number of fused-ring (bicyclic) bond motifs is 10. The normalized spacial score (nSPS) is 13.6. The molecule has 0 spiro atoms. The quantitative estimate of drug-likeness (QED) is 0.143. The van der Waals surface area contributed by atoms with Gasteiger partial charge >= 0.3 is 0 Å². The Labute approximate surface area is 420 Å². The number of benzene rings is 10. The van der Waals surface area contributed by atoms with Crippen molar-refractivity contribution in [1.29, 1.82) is 0 Å². The third kappa shape index (κ3) is 6.99. The van der Waals surface area contributed by atoms with Crippen LogP contribution in [0.4, 0.5) is 34.1 Å². The molecule has 336 valence electrons. The lowest BCUT2D eigenvalue weighted by Crippen LogP contribution is -2.14. The predicted molar refractivity (Wildman–Crippen MR) is 307 cm³/mol. The monoisotopic (exact) mass is 943 g/mol. The minimum absolute atomic E-state index is 0.202. The summed E-state index contributed by atoms with van der Waals surface area (Å²) in [5.41, 5.74) is 13.9. The summed E-state index contributed by atoms with van der Waals surface area (Å²) in [4.78, 5) is 4.92. The molecule has 3 nitrogen and oxygen atoms in total. The van der Waals surface area contributed by atoms with Crippen LogP contribution in [0, 0.1) is 0 Å². The standard InChI is InChI=1S/C66H45N3S2/c1-5-20-44(21-6-1)45-36-38-50(39-37-45)67(47-22-7-2-8-23-47)51-40-46(41-52(42-51)68(48-24-9-3-10-25-48)59-32-19-35-62-63(59)54-29-14-17-33-60(54)70-62)56-43-57-53-28-13-16-31-58(53)69(49-26-11-4-12-27-49)65(57)64-55-30-15-18-34-61(55)71-66(56)64/h1-26,28-43,49H,27H2. The molecule has 5 heteroatoms. The Balaban J connectivity index is 1.09. The van der Waals surface area contributed by atoms with Crippen LogP contribution in [0.15, 0.2) is 255 Å². The van der Waals surface area contributed by atoms with Gasteiger partial charge in [-0.3, -0.25) is 0 Å². The maximum Gasteiger partial charge on any atom is 0.0592 e. The highest BCUT2D eigenvalue weighted by molar-refractivity contribution is 7.26. The molecule has 13 aromatic rings. The molecule has 71 heavy (non-hydrogen) atoms. The Kier molecular flexibility index (Phi) is 10.0. The Morgan fingerprint density at radius 3 is 1.69 bits per heavy atom. The SMILES string of the molecule is C1=CCC(n2c3ccccc3c3cc(-c4cc(N(c5ccccc5)c5ccc(-c6ccccc6)cc5)cc(N(c5ccccc5)c5cccc6sc7ccccc7c56)c4)c4sc5ccccc5c4c32)C=C1. The number of anilines is 6. The van der Waals surface area contributed by atoms with Gasteiger partial charge in [0.05, 0.1) is 17.2 Å². The molecule has 0 amide bonds. The topological polar surface area (TPSA) is 11.4 Å². The number of allylic oxidation sites excluding steroid dienone is 4. The highest BCUT2D eigenvalue weighted by atomic mass is 32.1. The van der Waals surface area contributed by atoms with E-state index < -0.39 is 0 Å². The molecule has 0 radical (unpaired) electrons. The second-order valence-corrected chi connectivity index (χ2v) is 20.5. The minimum atomic E-state index is 0.202. The number of aromatic nitrogens is 1. The third-order valence-corrected chi connectivity index (χ3v) is 16.6. The molecule has 0 saturated heterocycles. The molecule has 3 aromatic heterocycles. The van der Waals surface area contributed by atoms with Gasteiger partial charge in [0.2, 0.25) is 0 Å². The summed E-state index contributed by atoms with van der Waals surface area (Å²) >= 11 is 3.77. The average Bonchev–Trinajstić information content (AvgIpc) is 4.13. The van der Waals surface area contributed by atoms with E-state index >= 15 is 0 Å². The van der Waals surface area contributed by atoms with Gasteiger partial charge < -0.3 is 14.4 Å². The van der Waals surface area contributed by atoms with Gasteiger partial charge in [0, 0.05) is 90.6 Å². The van der Waals surface area contributed by atoms with Crippen LogP contribution in [0.5, 0.6) is 0 Å². The number of hydrogen-bond donors (Lipinski definition) is 0. The van der Waals surface area contributed by atoms with Crippen LogP contribution in [0.2, 0.25) is 0 Å². The molecule has 0 N–H and O–H groups in total. The first kappa shape index (κ1) is 41.5. The summed E-state index contributed by atoms with van der Waals surface area (Å²) < 4.78 is 7.75. The van der Waals surface area contributed by atoms with E-state index in [1.807, 2.05) is 22.7 Å². The highest BCUT2D eigenvalue weighted by Gasteiger charge is 2.26. The van der Waals surface area contributed by atoms with Crippen LogP contribution < -0.4 is 9.80 Å². The van der Waals surface area contributed by atoms with Crippen LogP contribution in [0.1, 0.15) is 12.5 Å². The number of thiophene rings is 2. The molecule has 1 aliphatic rings. The molecule has 0 fully saturated rings. The molecule has 1 aliphatic carbocycles. The first-order valence-electron chi connectivity index (χ1n) is 24.4. The molecular formula is C66H45N3S2. The van der Waals surface area contributed by atoms with E-state index in [1.54, 1.807) is 0 Å². The van der Waals surface area contributed by atoms with E-state index in [2.05, 4.69) is 269 Å². The summed E-state index contributed by atoms with van der Waals surface area (Å²) in [5, 5.41) is 7.67. The van der Waals surface area contributed by atoms with Crippen molar-refractivity contribution in [2.24, 2.45) is 0 Å². The van der Waals surface area contributed by atoms with E-state index in [0.717, 1.165) is 46.1 Å². The van der Waals surface area contributed by atoms with Crippen molar-refractivity contribution < 1.29 is 0 Å². The van der Waals surface area contributed by atoms with E-state index in [0.29, 0.717) is 0 Å². The Morgan fingerprint density at radius 1 is 0.394 bits per heavy atom. The maximum atomic E-state index is 2.62. The van der Waals surface area contributed by atoms with Crippen molar-refractivity contribution in [3.8, 4) is 22.3 Å². The molecule has 1 atom stereocenters. The van der Waals surface area contributed by atoms with Crippen LogP contribution in [-0.4, -0.2) is 4.57 Å². The molecule has 0 saturated carbocycles. The van der Waals surface area contributed by atoms with Gasteiger partial charge in [-0.15, -0.1) is 22.7 Å². The average molecular weight is 944 g/mol. The lowest BCUT2D eigenvalue weighted by Gasteiger charge is -2.31. The van der Waals surface area contributed by atoms with Crippen molar-refractivity contribution in [1.82, 2.24) is 4.57 Å². The minimum Gasteiger partial charge on any atom is -0.333 e. The van der Waals surface area contributed by atoms with E-state index in [4.69, 9.17) is 0 Å². The van der Waals surface area contributed by atoms with Crippen LogP contribution in [0.3, 0.4) is 0 Å². The second-order valence-electron chi connectivity index (χ2n) is 18.4. The Bertz CT molecular complexity index is 4200. The van der Waals surface area contributed by atoms with Crippen molar-refractivity contribution in [3.63, 3.8) is 0 Å². The first-order chi connectivity index (χ1) is 35.2. The second kappa shape index (κ2) is 17.2. The summed E-state index contributed by atoms with van der Waals surface area (Å²) in [6.45, 7) is 0. The largest absolute Gasteiger partial charge is 0.333 e. The lowest BCUT2D eigenvalue weighted by molar-refractivity contribution is 0.649. The van der Waals surface area contributed by atoms with Gasteiger partial charge in [-0.1, -0.05) is 164 Å². The van der Waals surface area contributed by atoms with Gasteiger partial charge in [0.15, 0.2) is 0 Å². The Morgan fingerprint density at radius 2 is 0.972 bits per heavy atom. The summed E-state index contributed by atoms with van der Waals surface area (Å²) in [5.74, 6) is 0. The van der Waals surface area contributed by atoms with Gasteiger partial charge in [-0.05, 0) is 114 Å². The van der Waals surface area contributed by atoms with Gasteiger partial charge in [-0.2, -0.15) is 0 Å². The van der Waals surface area contributed by atoms with Crippen molar-refractivity contribution >= 4 is 119 Å².